The van der Waals surface area contributed by atoms with Gasteiger partial charge in [-0.15, -0.1) is 0 Å². The van der Waals surface area contributed by atoms with Crippen LogP contribution in [0.15, 0.2) is 78.9 Å². The first-order chi connectivity index (χ1) is 20.1. The van der Waals surface area contributed by atoms with Crippen molar-refractivity contribution in [3.8, 4) is 28.7 Å². The minimum Gasteiger partial charge on any atom is -0.508 e. The number of benzene rings is 4. The number of carbonyl (C=O) groups is 2. The number of hydrogen-bond acceptors (Lipinski definition) is 7. The van der Waals surface area contributed by atoms with Crippen LogP contribution in [0.4, 0.5) is 26.3 Å². The van der Waals surface area contributed by atoms with Crippen LogP contribution in [0.3, 0.4) is 0 Å². The molecule has 0 fully saturated rings. The molecule has 0 bridgehead atoms. The van der Waals surface area contributed by atoms with Gasteiger partial charge >= 0.3 is 24.3 Å². The van der Waals surface area contributed by atoms with Crippen molar-refractivity contribution < 1.29 is 60.7 Å². The minimum atomic E-state index is -4.73. The molecule has 0 saturated carbocycles. The van der Waals surface area contributed by atoms with Gasteiger partial charge in [0.25, 0.3) is 0 Å². The van der Waals surface area contributed by atoms with Crippen molar-refractivity contribution in [1.29, 1.82) is 0 Å². The number of esters is 2. The summed E-state index contributed by atoms with van der Waals surface area (Å²) in [6.07, 6.45) is -6.35. The molecule has 3 N–H and O–H groups in total. The lowest BCUT2D eigenvalue weighted by atomic mass is 10.1. The average molecular weight is 604 g/mol. The summed E-state index contributed by atoms with van der Waals surface area (Å²) in [6.45, 7) is 0. The largest absolute Gasteiger partial charge is 0.508 e. The normalized spacial score (nSPS) is 11.9. The van der Waals surface area contributed by atoms with E-state index in [0.717, 1.165) is 18.2 Å². The molecule has 0 aliphatic heterocycles. The SMILES string of the molecule is O=C(Oc1ccc(C=Cc2cc(O)cc(OC(=O)c3ccc(C(F)(F)F)cc3O)c2)cc1)c1ccc(C(F)(F)F)cc1O. The number of phenols is 3. The third-order valence-corrected chi connectivity index (χ3v) is 5.77. The van der Waals surface area contributed by atoms with Gasteiger partial charge in [0.2, 0.25) is 0 Å². The lowest BCUT2D eigenvalue weighted by Crippen LogP contribution is -2.11. The molecule has 0 atom stereocenters. The van der Waals surface area contributed by atoms with Crippen LogP contribution in [-0.2, 0) is 12.4 Å². The van der Waals surface area contributed by atoms with E-state index in [2.05, 4.69) is 0 Å². The summed E-state index contributed by atoms with van der Waals surface area (Å²) in [5.74, 6) is -4.54. The first-order valence-electron chi connectivity index (χ1n) is 12.0. The molecular formula is C30H18F6O7. The Kier molecular flexibility index (Phi) is 8.37. The molecule has 0 radical (unpaired) electrons. The molecule has 0 heterocycles. The second kappa shape index (κ2) is 11.8. The Morgan fingerprint density at radius 1 is 0.558 bits per heavy atom. The standard InChI is InChI=1S/C30H18F6O7/c31-29(32,33)18-5-9-23(25(38)13-18)27(40)42-21-7-3-16(4-8-21)1-2-17-11-20(37)15-22(12-17)43-28(41)24-10-6-19(14-26(24)39)30(34,35)36/h1-15,37-39H. The van der Waals surface area contributed by atoms with Crippen LogP contribution in [0, 0.1) is 0 Å². The second-order valence-corrected chi connectivity index (χ2v) is 8.90. The predicted molar refractivity (Wildman–Crippen MR) is 140 cm³/mol. The number of carbonyl (C=O) groups excluding carboxylic acids is 2. The summed E-state index contributed by atoms with van der Waals surface area (Å²) < 4.78 is 86.9. The van der Waals surface area contributed by atoms with Crippen molar-refractivity contribution in [3.63, 3.8) is 0 Å². The number of halogens is 6. The van der Waals surface area contributed by atoms with Crippen LogP contribution < -0.4 is 9.47 Å². The van der Waals surface area contributed by atoms with Gasteiger partial charge in [0.05, 0.1) is 11.1 Å². The highest BCUT2D eigenvalue weighted by atomic mass is 19.4. The predicted octanol–water partition coefficient (Wildman–Crippen LogP) is 7.45. The third kappa shape index (κ3) is 7.64. The molecule has 0 spiro atoms. The fraction of sp³-hybridized carbons (Fsp3) is 0.0667. The van der Waals surface area contributed by atoms with Crippen molar-refractivity contribution in [1.82, 2.24) is 0 Å². The fourth-order valence-corrected chi connectivity index (χ4v) is 3.69. The van der Waals surface area contributed by atoms with E-state index in [1.165, 1.54) is 42.5 Å². The Balaban J connectivity index is 1.42. The zero-order valence-corrected chi connectivity index (χ0v) is 21.4. The van der Waals surface area contributed by atoms with E-state index in [1.807, 2.05) is 0 Å². The van der Waals surface area contributed by atoms with Crippen LogP contribution in [0.25, 0.3) is 12.2 Å². The topological polar surface area (TPSA) is 113 Å². The maximum Gasteiger partial charge on any atom is 0.416 e. The lowest BCUT2D eigenvalue weighted by molar-refractivity contribution is -0.138. The average Bonchev–Trinajstić information content (AvgIpc) is 2.91. The van der Waals surface area contributed by atoms with Gasteiger partial charge in [-0.05, 0) is 71.8 Å². The molecule has 0 aliphatic rings. The highest BCUT2D eigenvalue weighted by Gasteiger charge is 2.32. The summed E-state index contributed by atoms with van der Waals surface area (Å²) in [5.41, 5.74) is -2.38. The third-order valence-electron chi connectivity index (χ3n) is 5.77. The Morgan fingerprint density at radius 3 is 1.49 bits per heavy atom. The molecule has 4 aromatic carbocycles. The van der Waals surface area contributed by atoms with Gasteiger partial charge in [-0.2, -0.15) is 26.3 Å². The summed E-state index contributed by atoms with van der Waals surface area (Å²) in [6, 6.07) is 13.1. The second-order valence-electron chi connectivity index (χ2n) is 8.90. The van der Waals surface area contributed by atoms with Gasteiger partial charge in [0, 0.05) is 6.07 Å². The van der Waals surface area contributed by atoms with E-state index in [0.29, 0.717) is 35.4 Å². The van der Waals surface area contributed by atoms with E-state index in [-0.39, 0.29) is 17.2 Å². The number of hydrogen-bond donors (Lipinski definition) is 3. The first kappa shape index (κ1) is 30.5. The Labute approximate surface area is 238 Å². The molecule has 0 saturated heterocycles. The van der Waals surface area contributed by atoms with E-state index >= 15 is 0 Å². The van der Waals surface area contributed by atoms with Gasteiger partial charge in [-0.1, -0.05) is 24.3 Å². The van der Waals surface area contributed by atoms with Gasteiger partial charge in [-0.25, -0.2) is 9.59 Å². The lowest BCUT2D eigenvalue weighted by Gasteiger charge is -2.10. The first-order valence-corrected chi connectivity index (χ1v) is 12.0. The molecule has 0 unspecified atom stereocenters. The monoisotopic (exact) mass is 604 g/mol. The van der Waals surface area contributed by atoms with Crippen LogP contribution in [0.2, 0.25) is 0 Å². The van der Waals surface area contributed by atoms with Crippen molar-refractivity contribution >= 4 is 24.1 Å². The molecule has 13 heteroatoms. The Morgan fingerprint density at radius 2 is 1.02 bits per heavy atom. The number of rotatable bonds is 6. The molecular weight excluding hydrogens is 586 g/mol. The van der Waals surface area contributed by atoms with Gasteiger partial charge < -0.3 is 24.8 Å². The van der Waals surface area contributed by atoms with Crippen LogP contribution >= 0.6 is 0 Å². The highest BCUT2D eigenvalue weighted by Crippen LogP contribution is 2.34. The summed E-state index contributed by atoms with van der Waals surface area (Å²) in [4.78, 5) is 24.7. The fourth-order valence-electron chi connectivity index (χ4n) is 3.69. The quantitative estimate of drug-likeness (QED) is 0.0907. The summed E-state index contributed by atoms with van der Waals surface area (Å²) in [5, 5.41) is 29.7. The van der Waals surface area contributed by atoms with E-state index in [4.69, 9.17) is 9.47 Å². The van der Waals surface area contributed by atoms with Gasteiger partial charge in [0.15, 0.2) is 0 Å². The number of phenolic OH excluding ortho intramolecular Hbond substituents is 3. The van der Waals surface area contributed by atoms with Crippen molar-refractivity contribution in [2.24, 2.45) is 0 Å². The van der Waals surface area contributed by atoms with E-state index < -0.39 is 58.0 Å². The molecule has 0 aromatic heterocycles. The van der Waals surface area contributed by atoms with E-state index in [1.54, 1.807) is 6.08 Å². The van der Waals surface area contributed by atoms with Crippen LogP contribution in [0.1, 0.15) is 43.0 Å². The molecule has 43 heavy (non-hydrogen) atoms. The zero-order valence-electron chi connectivity index (χ0n) is 21.4. The smallest absolute Gasteiger partial charge is 0.416 e. The summed E-state index contributed by atoms with van der Waals surface area (Å²) in [7, 11) is 0. The van der Waals surface area contributed by atoms with Crippen LogP contribution in [-0.4, -0.2) is 27.3 Å². The molecule has 4 rings (SSSR count). The van der Waals surface area contributed by atoms with Gasteiger partial charge in [-0.3, -0.25) is 0 Å². The maximum atomic E-state index is 12.8. The van der Waals surface area contributed by atoms with Crippen LogP contribution in [0.5, 0.6) is 28.7 Å². The van der Waals surface area contributed by atoms with Gasteiger partial charge in [0.1, 0.15) is 39.9 Å². The maximum absolute atomic E-state index is 12.8. The van der Waals surface area contributed by atoms with E-state index in [9.17, 15) is 51.3 Å². The Bertz CT molecular complexity index is 1710. The minimum absolute atomic E-state index is 0.0273. The van der Waals surface area contributed by atoms with Crippen molar-refractivity contribution in [2.45, 2.75) is 12.4 Å². The number of aromatic hydroxyl groups is 3. The molecule has 0 amide bonds. The molecule has 4 aromatic rings. The van der Waals surface area contributed by atoms with Crippen molar-refractivity contribution in [2.75, 3.05) is 0 Å². The molecule has 7 nitrogen and oxygen atoms in total. The number of alkyl halides is 6. The highest BCUT2D eigenvalue weighted by molar-refractivity contribution is 5.94. The molecule has 0 aliphatic carbocycles. The number of ether oxygens (including phenoxy) is 2. The Hall–Kier alpha value is -5.46. The molecule has 222 valence electrons. The zero-order chi connectivity index (χ0) is 31.5. The summed E-state index contributed by atoms with van der Waals surface area (Å²) >= 11 is 0. The van der Waals surface area contributed by atoms with Crippen molar-refractivity contribution in [3.05, 3.63) is 112 Å².